The summed E-state index contributed by atoms with van der Waals surface area (Å²) in [5, 5.41) is 18.6. The van der Waals surface area contributed by atoms with Crippen LogP contribution in [0, 0.1) is 0 Å². The lowest BCUT2D eigenvalue weighted by molar-refractivity contribution is -0.138. The zero-order valence-electron chi connectivity index (χ0n) is 16.1. The van der Waals surface area contributed by atoms with E-state index in [1.807, 2.05) is 0 Å². The van der Waals surface area contributed by atoms with Gasteiger partial charge in [-0.3, -0.25) is 9.59 Å². The maximum atomic E-state index is 12.4. The van der Waals surface area contributed by atoms with Gasteiger partial charge in [0, 0.05) is 10.0 Å². The summed E-state index contributed by atoms with van der Waals surface area (Å²) in [4.78, 5) is 35.0. The fourth-order valence-electron chi connectivity index (χ4n) is 2.49. The van der Waals surface area contributed by atoms with Crippen LogP contribution in [0.3, 0.4) is 0 Å². The van der Waals surface area contributed by atoms with E-state index in [1.54, 1.807) is 42.5 Å². The van der Waals surface area contributed by atoms with Crippen molar-refractivity contribution >= 4 is 56.9 Å². The zero-order chi connectivity index (χ0) is 22.4. The van der Waals surface area contributed by atoms with Crippen molar-refractivity contribution in [1.29, 1.82) is 0 Å². The lowest BCUT2D eigenvalue weighted by Gasteiger charge is -2.08. The average Bonchev–Trinajstić information content (AvgIpc) is 3.08. The lowest BCUT2D eigenvalue weighted by atomic mass is 10.2. The molecule has 1 aliphatic heterocycles. The van der Waals surface area contributed by atoms with Crippen molar-refractivity contribution in [3.05, 3.63) is 58.1 Å². The molecular formula is C20H16BrN3O6S. The molecule has 1 fully saturated rings. The van der Waals surface area contributed by atoms with Crippen molar-refractivity contribution in [2.75, 3.05) is 7.11 Å². The van der Waals surface area contributed by atoms with E-state index in [1.165, 1.54) is 13.3 Å². The predicted octanol–water partition coefficient (Wildman–Crippen LogP) is 3.07. The monoisotopic (exact) mass is 505 g/mol. The minimum atomic E-state index is -1.07. The first kappa shape index (κ1) is 22.5. The molecule has 1 unspecified atom stereocenters. The molecule has 1 aliphatic rings. The first-order chi connectivity index (χ1) is 14.9. The Bertz CT molecular complexity index is 1070. The van der Waals surface area contributed by atoms with E-state index in [2.05, 4.69) is 31.4 Å². The van der Waals surface area contributed by atoms with E-state index in [4.69, 9.17) is 14.6 Å². The van der Waals surface area contributed by atoms with Crippen molar-refractivity contribution < 1.29 is 29.0 Å². The van der Waals surface area contributed by atoms with Crippen LogP contribution in [0.2, 0.25) is 0 Å². The third-order valence-corrected chi connectivity index (χ3v) is 5.55. The second-order valence-corrected chi connectivity index (χ2v) is 8.25. The lowest BCUT2D eigenvalue weighted by Crippen LogP contribution is -2.26. The van der Waals surface area contributed by atoms with Crippen LogP contribution >= 0.6 is 27.7 Å². The smallest absolute Gasteiger partial charge is 0.343 e. The Kier molecular flexibility index (Phi) is 7.42. The summed E-state index contributed by atoms with van der Waals surface area (Å²) in [7, 11) is 1.53. The summed E-state index contributed by atoms with van der Waals surface area (Å²) < 4.78 is 11.3. The number of carbonyl (C=O) groups excluding carboxylic acids is 2. The van der Waals surface area contributed by atoms with E-state index in [0.717, 1.165) is 16.2 Å². The molecule has 0 saturated carbocycles. The number of rotatable bonds is 7. The van der Waals surface area contributed by atoms with E-state index in [-0.39, 0.29) is 17.3 Å². The fourth-order valence-corrected chi connectivity index (χ4v) is 3.78. The van der Waals surface area contributed by atoms with Crippen molar-refractivity contribution in [3.63, 3.8) is 0 Å². The molecule has 0 radical (unpaired) electrons. The Morgan fingerprint density at radius 1 is 1.26 bits per heavy atom. The molecule has 1 amide bonds. The minimum Gasteiger partial charge on any atom is -0.497 e. The molecule has 2 aromatic carbocycles. The fraction of sp³-hybridized carbons (Fsp3) is 0.150. The number of ether oxygens (including phenoxy) is 2. The SMILES string of the molecule is COc1ccc(C(=O)Oc2ccc(Br)cc2/C=N/N=C2\NC(=O)C(CC(=O)O)S2)cc1. The van der Waals surface area contributed by atoms with Gasteiger partial charge in [-0.25, -0.2) is 4.79 Å². The Labute approximate surface area is 189 Å². The zero-order valence-corrected chi connectivity index (χ0v) is 18.5. The van der Waals surface area contributed by atoms with Crippen LogP contribution in [0.25, 0.3) is 0 Å². The molecule has 1 heterocycles. The van der Waals surface area contributed by atoms with Gasteiger partial charge in [-0.1, -0.05) is 27.7 Å². The van der Waals surface area contributed by atoms with Gasteiger partial charge in [-0.05, 0) is 42.5 Å². The number of esters is 1. The molecule has 0 aliphatic carbocycles. The highest BCUT2D eigenvalue weighted by atomic mass is 79.9. The van der Waals surface area contributed by atoms with E-state index in [9.17, 15) is 14.4 Å². The molecule has 0 bridgehead atoms. The summed E-state index contributed by atoms with van der Waals surface area (Å²) in [6.45, 7) is 0. The van der Waals surface area contributed by atoms with Gasteiger partial charge in [0.05, 0.1) is 25.3 Å². The summed E-state index contributed by atoms with van der Waals surface area (Å²) >= 11 is 4.34. The van der Waals surface area contributed by atoms with Crippen molar-refractivity contribution in [3.8, 4) is 11.5 Å². The number of methoxy groups -OCH3 is 1. The number of carboxylic acid groups (broad SMARTS) is 1. The van der Waals surface area contributed by atoms with Crippen LogP contribution in [-0.2, 0) is 9.59 Å². The van der Waals surface area contributed by atoms with Crippen molar-refractivity contribution in [1.82, 2.24) is 5.32 Å². The Morgan fingerprint density at radius 3 is 2.68 bits per heavy atom. The Balaban J connectivity index is 1.73. The molecule has 1 atom stereocenters. The molecular weight excluding hydrogens is 490 g/mol. The Hall–Kier alpha value is -3.18. The second-order valence-electron chi connectivity index (χ2n) is 6.14. The molecule has 31 heavy (non-hydrogen) atoms. The number of hydrogen-bond donors (Lipinski definition) is 2. The van der Waals surface area contributed by atoms with Crippen LogP contribution in [-0.4, -0.2) is 46.7 Å². The summed E-state index contributed by atoms with van der Waals surface area (Å²) in [5.41, 5.74) is 0.818. The van der Waals surface area contributed by atoms with Crippen LogP contribution in [0.4, 0.5) is 0 Å². The standard InChI is InChI=1S/C20H16BrN3O6S/c1-29-14-5-2-11(3-6-14)19(28)30-15-7-4-13(21)8-12(15)10-22-24-20-23-18(27)16(31-20)9-17(25)26/h2-8,10,16H,9H2,1H3,(H,25,26)(H,23,24,27)/b22-10+. The van der Waals surface area contributed by atoms with E-state index >= 15 is 0 Å². The van der Waals surface area contributed by atoms with Gasteiger partial charge in [-0.2, -0.15) is 5.10 Å². The van der Waals surface area contributed by atoms with E-state index in [0.29, 0.717) is 16.9 Å². The molecule has 3 rings (SSSR count). The number of aliphatic carboxylic acids is 1. The number of benzene rings is 2. The summed E-state index contributed by atoms with van der Waals surface area (Å²) in [6.07, 6.45) is 1.06. The average molecular weight is 506 g/mol. The normalized spacial score (nSPS) is 17.0. The summed E-state index contributed by atoms with van der Waals surface area (Å²) in [6, 6.07) is 11.5. The molecule has 1 saturated heterocycles. The Morgan fingerprint density at radius 2 is 2.00 bits per heavy atom. The predicted molar refractivity (Wildman–Crippen MR) is 119 cm³/mol. The second kappa shape index (κ2) is 10.2. The molecule has 160 valence electrons. The van der Waals surface area contributed by atoms with Gasteiger partial charge >= 0.3 is 11.9 Å². The van der Waals surface area contributed by atoms with Crippen LogP contribution < -0.4 is 14.8 Å². The number of hydrogen-bond acceptors (Lipinski definition) is 8. The molecule has 0 aromatic heterocycles. The number of nitrogens with one attached hydrogen (secondary N) is 1. The highest BCUT2D eigenvalue weighted by Crippen LogP contribution is 2.24. The topological polar surface area (TPSA) is 127 Å². The number of amidine groups is 1. The van der Waals surface area contributed by atoms with Crippen LogP contribution in [0.5, 0.6) is 11.5 Å². The van der Waals surface area contributed by atoms with Gasteiger partial charge in [-0.15, -0.1) is 5.10 Å². The van der Waals surface area contributed by atoms with Gasteiger partial charge in [0.1, 0.15) is 16.7 Å². The third-order valence-electron chi connectivity index (χ3n) is 3.98. The van der Waals surface area contributed by atoms with Crippen molar-refractivity contribution in [2.24, 2.45) is 10.2 Å². The van der Waals surface area contributed by atoms with E-state index < -0.39 is 23.1 Å². The van der Waals surface area contributed by atoms with Gasteiger partial charge in [0.15, 0.2) is 5.17 Å². The number of carboxylic acids is 1. The number of carbonyl (C=O) groups is 3. The number of halogens is 1. The molecule has 11 heteroatoms. The largest absolute Gasteiger partial charge is 0.497 e. The molecule has 2 N–H and O–H groups in total. The van der Waals surface area contributed by atoms with Crippen LogP contribution in [0.1, 0.15) is 22.3 Å². The highest BCUT2D eigenvalue weighted by Gasteiger charge is 2.32. The number of thioether (sulfide) groups is 1. The van der Waals surface area contributed by atoms with Crippen molar-refractivity contribution in [2.45, 2.75) is 11.7 Å². The van der Waals surface area contributed by atoms with Gasteiger partial charge < -0.3 is 19.9 Å². The molecule has 9 nitrogen and oxygen atoms in total. The minimum absolute atomic E-state index is 0.194. The van der Waals surface area contributed by atoms with Gasteiger partial charge in [0.25, 0.3) is 0 Å². The number of nitrogens with zero attached hydrogens (tertiary/aromatic N) is 2. The summed E-state index contributed by atoms with van der Waals surface area (Å²) in [5.74, 6) is -1.18. The highest BCUT2D eigenvalue weighted by molar-refractivity contribution is 9.10. The maximum absolute atomic E-state index is 12.4. The maximum Gasteiger partial charge on any atom is 0.343 e. The first-order valence-electron chi connectivity index (χ1n) is 8.82. The first-order valence-corrected chi connectivity index (χ1v) is 10.5. The molecule has 2 aromatic rings. The molecule has 0 spiro atoms. The third kappa shape index (κ3) is 6.15. The number of amides is 1. The quantitative estimate of drug-likeness (QED) is 0.256. The van der Waals surface area contributed by atoms with Crippen LogP contribution in [0.15, 0.2) is 57.1 Å². The van der Waals surface area contributed by atoms with Gasteiger partial charge in [0.2, 0.25) is 5.91 Å².